The lowest BCUT2D eigenvalue weighted by atomic mass is 10.2. The summed E-state index contributed by atoms with van der Waals surface area (Å²) in [7, 11) is 0. The van der Waals surface area contributed by atoms with Gasteiger partial charge in [-0.25, -0.2) is 4.98 Å². The average Bonchev–Trinajstić information content (AvgIpc) is 2.78. The Morgan fingerprint density at radius 2 is 2.29 bits per heavy atom. The first-order chi connectivity index (χ1) is 8.40. The van der Waals surface area contributed by atoms with E-state index < -0.39 is 0 Å². The van der Waals surface area contributed by atoms with Crippen molar-refractivity contribution in [3.8, 4) is 11.4 Å². The standard InChI is InChI=1S/C14H12N3/c1-2-17-13-8-4-3-7-12(13)16-14(17)11-6-5-9-15-10-11/h4-10H,2H2,1H3. The summed E-state index contributed by atoms with van der Waals surface area (Å²) in [5.74, 6) is 0.968. The largest absolute Gasteiger partial charge is 0.324 e. The minimum atomic E-state index is 0.894. The molecule has 0 atom stereocenters. The van der Waals surface area contributed by atoms with Crippen molar-refractivity contribution < 1.29 is 0 Å². The molecular formula is C14H12N3. The highest BCUT2D eigenvalue weighted by molar-refractivity contribution is 5.80. The van der Waals surface area contributed by atoms with E-state index in [1.165, 1.54) is 0 Å². The Bertz CT molecular complexity index is 641. The predicted molar refractivity (Wildman–Crippen MR) is 67.5 cm³/mol. The highest BCUT2D eigenvalue weighted by Crippen LogP contribution is 2.23. The monoisotopic (exact) mass is 222 g/mol. The zero-order valence-corrected chi connectivity index (χ0v) is 9.59. The minimum Gasteiger partial charge on any atom is -0.324 e. The van der Waals surface area contributed by atoms with Crippen LogP contribution in [0, 0.1) is 6.07 Å². The van der Waals surface area contributed by atoms with Gasteiger partial charge in [0, 0.05) is 24.5 Å². The Kier molecular flexibility index (Phi) is 2.37. The second-order valence-corrected chi connectivity index (χ2v) is 3.84. The van der Waals surface area contributed by atoms with Gasteiger partial charge in [0.15, 0.2) is 0 Å². The van der Waals surface area contributed by atoms with E-state index >= 15 is 0 Å². The molecule has 3 nitrogen and oxygen atoms in total. The van der Waals surface area contributed by atoms with Gasteiger partial charge in [-0.2, -0.15) is 0 Å². The van der Waals surface area contributed by atoms with Crippen molar-refractivity contribution in [3.05, 3.63) is 48.8 Å². The van der Waals surface area contributed by atoms with Gasteiger partial charge in [-0.3, -0.25) is 4.98 Å². The molecule has 1 aromatic carbocycles. The Hall–Kier alpha value is -2.16. The van der Waals surface area contributed by atoms with Crippen molar-refractivity contribution in [2.75, 3.05) is 0 Å². The SMILES string of the molecule is CCn1c(-c2cccnc2)nc2c[c]ccc21. The number of hydrogen-bond acceptors (Lipinski definition) is 2. The van der Waals surface area contributed by atoms with Gasteiger partial charge in [-0.15, -0.1) is 0 Å². The normalized spacial score (nSPS) is 10.9. The van der Waals surface area contributed by atoms with Crippen LogP contribution in [0.3, 0.4) is 0 Å². The lowest BCUT2D eigenvalue weighted by Gasteiger charge is -2.05. The Labute approximate surface area is 99.8 Å². The zero-order chi connectivity index (χ0) is 11.7. The Morgan fingerprint density at radius 3 is 3.06 bits per heavy atom. The van der Waals surface area contributed by atoms with Gasteiger partial charge in [0.05, 0.1) is 11.0 Å². The van der Waals surface area contributed by atoms with Crippen LogP contribution in [0.2, 0.25) is 0 Å². The molecular weight excluding hydrogens is 210 g/mol. The molecule has 2 heterocycles. The van der Waals surface area contributed by atoms with Crippen LogP contribution < -0.4 is 0 Å². The van der Waals surface area contributed by atoms with E-state index in [4.69, 9.17) is 0 Å². The maximum atomic E-state index is 4.65. The van der Waals surface area contributed by atoms with Gasteiger partial charge in [-0.05, 0) is 37.3 Å². The number of aryl methyl sites for hydroxylation is 1. The molecule has 1 radical (unpaired) electrons. The summed E-state index contributed by atoms with van der Waals surface area (Å²) in [6, 6.07) is 12.9. The molecule has 3 rings (SSSR count). The molecule has 17 heavy (non-hydrogen) atoms. The van der Waals surface area contributed by atoms with Crippen LogP contribution in [0.1, 0.15) is 6.92 Å². The number of pyridine rings is 1. The topological polar surface area (TPSA) is 30.7 Å². The summed E-state index contributed by atoms with van der Waals surface area (Å²) in [4.78, 5) is 8.79. The third kappa shape index (κ3) is 1.60. The molecule has 0 amide bonds. The van der Waals surface area contributed by atoms with Gasteiger partial charge in [0.25, 0.3) is 0 Å². The van der Waals surface area contributed by atoms with E-state index in [2.05, 4.69) is 27.5 Å². The van der Waals surface area contributed by atoms with E-state index in [1.807, 2.05) is 36.5 Å². The maximum Gasteiger partial charge on any atom is 0.142 e. The Balaban J connectivity index is 2.30. The number of rotatable bonds is 2. The third-order valence-corrected chi connectivity index (χ3v) is 2.83. The van der Waals surface area contributed by atoms with Gasteiger partial charge in [-0.1, -0.05) is 6.07 Å². The number of benzene rings is 1. The highest BCUT2D eigenvalue weighted by Gasteiger charge is 2.10. The van der Waals surface area contributed by atoms with Gasteiger partial charge in [0.2, 0.25) is 0 Å². The summed E-state index contributed by atoms with van der Waals surface area (Å²) in [5.41, 5.74) is 3.17. The van der Waals surface area contributed by atoms with E-state index in [0.29, 0.717) is 0 Å². The number of imidazole rings is 1. The van der Waals surface area contributed by atoms with Gasteiger partial charge >= 0.3 is 0 Å². The van der Waals surface area contributed by atoms with Crippen LogP contribution in [0.25, 0.3) is 22.4 Å². The van der Waals surface area contributed by atoms with E-state index in [1.54, 1.807) is 6.20 Å². The van der Waals surface area contributed by atoms with Crippen molar-refractivity contribution in [2.45, 2.75) is 13.5 Å². The summed E-state index contributed by atoms with van der Waals surface area (Å²) in [6.45, 7) is 3.02. The number of hydrogen-bond donors (Lipinski definition) is 0. The van der Waals surface area contributed by atoms with Crippen molar-refractivity contribution in [1.29, 1.82) is 0 Å². The van der Waals surface area contributed by atoms with Gasteiger partial charge < -0.3 is 4.57 Å². The van der Waals surface area contributed by atoms with Crippen LogP contribution in [-0.4, -0.2) is 14.5 Å². The van der Waals surface area contributed by atoms with Crippen molar-refractivity contribution in [2.24, 2.45) is 0 Å². The smallest absolute Gasteiger partial charge is 0.142 e. The summed E-state index contributed by atoms with van der Waals surface area (Å²) >= 11 is 0. The quantitative estimate of drug-likeness (QED) is 0.667. The molecule has 0 saturated heterocycles. The molecule has 0 saturated carbocycles. The van der Waals surface area contributed by atoms with Crippen LogP contribution in [0.5, 0.6) is 0 Å². The van der Waals surface area contributed by atoms with Crippen LogP contribution >= 0.6 is 0 Å². The number of aromatic nitrogens is 3. The molecule has 0 aliphatic carbocycles. The Morgan fingerprint density at radius 1 is 1.35 bits per heavy atom. The molecule has 0 bridgehead atoms. The molecule has 0 spiro atoms. The molecule has 0 N–H and O–H groups in total. The van der Waals surface area contributed by atoms with Crippen LogP contribution in [-0.2, 0) is 6.54 Å². The fourth-order valence-electron chi connectivity index (χ4n) is 2.06. The number of nitrogens with zero attached hydrogens (tertiary/aromatic N) is 3. The van der Waals surface area contributed by atoms with E-state index in [0.717, 1.165) is 29.0 Å². The fourth-order valence-corrected chi connectivity index (χ4v) is 2.06. The van der Waals surface area contributed by atoms with Crippen molar-refractivity contribution in [1.82, 2.24) is 14.5 Å². The van der Waals surface area contributed by atoms with Gasteiger partial charge in [0.1, 0.15) is 5.82 Å². The molecule has 2 aromatic heterocycles. The first-order valence-electron chi connectivity index (χ1n) is 5.67. The predicted octanol–water partition coefficient (Wildman–Crippen LogP) is 2.92. The van der Waals surface area contributed by atoms with Crippen molar-refractivity contribution in [3.63, 3.8) is 0 Å². The lowest BCUT2D eigenvalue weighted by molar-refractivity contribution is 0.796. The zero-order valence-electron chi connectivity index (χ0n) is 9.59. The summed E-state index contributed by atoms with van der Waals surface area (Å²) in [5, 5.41) is 0. The second kappa shape index (κ2) is 4.01. The van der Waals surface area contributed by atoms with Crippen LogP contribution in [0.4, 0.5) is 0 Å². The van der Waals surface area contributed by atoms with Crippen molar-refractivity contribution >= 4 is 11.0 Å². The third-order valence-electron chi connectivity index (χ3n) is 2.83. The average molecular weight is 222 g/mol. The molecule has 0 fully saturated rings. The molecule has 0 aliphatic rings. The van der Waals surface area contributed by atoms with E-state index in [9.17, 15) is 0 Å². The lowest BCUT2D eigenvalue weighted by Crippen LogP contribution is -1.97. The highest BCUT2D eigenvalue weighted by atomic mass is 15.1. The molecule has 0 unspecified atom stereocenters. The molecule has 3 aromatic rings. The summed E-state index contributed by atoms with van der Waals surface area (Å²) < 4.78 is 2.19. The van der Waals surface area contributed by atoms with Crippen LogP contribution in [0.15, 0.2) is 42.7 Å². The molecule has 3 heteroatoms. The molecule has 83 valence electrons. The molecule has 0 aliphatic heterocycles. The summed E-state index contributed by atoms with van der Waals surface area (Å²) in [6.07, 6.45) is 3.62. The maximum absolute atomic E-state index is 4.65. The number of fused-ring (bicyclic) bond motifs is 1. The first kappa shape index (κ1) is 10.0. The minimum absolute atomic E-state index is 0.894. The first-order valence-corrected chi connectivity index (χ1v) is 5.67. The van der Waals surface area contributed by atoms with E-state index in [-0.39, 0.29) is 0 Å². The fraction of sp³-hybridized carbons (Fsp3) is 0.143. The second-order valence-electron chi connectivity index (χ2n) is 3.84.